The van der Waals surface area contributed by atoms with Crippen molar-refractivity contribution in [3.8, 4) is 0 Å². The van der Waals surface area contributed by atoms with Crippen molar-refractivity contribution in [1.82, 2.24) is 4.90 Å². The SMILES string of the molecule is CC(C)CCC(=O)Nc1cccc(CN2CCC(CO)CC2)c1. The van der Waals surface area contributed by atoms with E-state index in [0.29, 0.717) is 24.9 Å². The van der Waals surface area contributed by atoms with Crippen LogP contribution < -0.4 is 5.32 Å². The van der Waals surface area contributed by atoms with Gasteiger partial charge in [-0.25, -0.2) is 0 Å². The molecule has 0 atom stereocenters. The summed E-state index contributed by atoms with van der Waals surface area (Å²) in [6, 6.07) is 8.15. The maximum atomic E-state index is 11.9. The Morgan fingerprint density at radius 3 is 2.74 bits per heavy atom. The van der Waals surface area contributed by atoms with E-state index < -0.39 is 0 Å². The quantitative estimate of drug-likeness (QED) is 0.811. The average molecular weight is 318 g/mol. The molecule has 0 saturated carbocycles. The Bertz CT molecular complexity index is 494. The molecule has 128 valence electrons. The third kappa shape index (κ3) is 6.32. The van der Waals surface area contributed by atoms with Gasteiger partial charge in [0.05, 0.1) is 0 Å². The van der Waals surface area contributed by atoms with E-state index >= 15 is 0 Å². The Labute approximate surface area is 139 Å². The number of carbonyl (C=O) groups is 1. The Balaban J connectivity index is 1.83. The highest BCUT2D eigenvalue weighted by Gasteiger charge is 2.18. The van der Waals surface area contributed by atoms with Gasteiger partial charge in [-0.1, -0.05) is 26.0 Å². The zero-order valence-corrected chi connectivity index (χ0v) is 14.4. The molecule has 4 nitrogen and oxygen atoms in total. The van der Waals surface area contributed by atoms with Crippen molar-refractivity contribution in [2.45, 2.75) is 46.1 Å². The van der Waals surface area contributed by atoms with Crippen LogP contribution in [-0.2, 0) is 11.3 Å². The van der Waals surface area contributed by atoms with Crippen LogP contribution in [0, 0.1) is 11.8 Å². The number of aliphatic hydroxyl groups excluding tert-OH is 1. The third-order valence-electron chi connectivity index (χ3n) is 4.53. The fourth-order valence-electron chi connectivity index (χ4n) is 2.98. The van der Waals surface area contributed by atoms with Gasteiger partial charge in [0.25, 0.3) is 0 Å². The summed E-state index contributed by atoms with van der Waals surface area (Å²) in [5.74, 6) is 1.12. The van der Waals surface area contributed by atoms with Gasteiger partial charge in [0.2, 0.25) is 5.91 Å². The lowest BCUT2D eigenvalue weighted by molar-refractivity contribution is -0.116. The molecule has 0 spiro atoms. The smallest absolute Gasteiger partial charge is 0.224 e. The number of anilines is 1. The summed E-state index contributed by atoms with van der Waals surface area (Å²) in [7, 11) is 0. The molecule has 0 aliphatic carbocycles. The molecule has 0 radical (unpaired) electrons. The van der Waals surface area contributed by atoms with Crippen LogP contribution in [0.3, 0.4) is 0 Å². The lowest BCUT2D eigenvalue weighted by Gasteiger charge is -2.31. The number of rotatable bonds is 7. The zero-order valence-electron chi connectivity index (χ0n) is 14.4. The van der Waals surface area contributed by atoms with Crippen molar-refractivity contribution in [3.63, 3.8) is 0 Å². The van der Waals surface area contributed by atoms with Crippen LogP contribution in [0.5, 0.6) is 0 Å². The second-order valence-corrected chi connectivity index (χ2v) is 7.08. The second-order valence-electron chi connectivity index (χ2n) is 7.08. The number of nitrogens with zero attached hydrogens (tertiary/aromatic N) is 1. The van der Waals surface area contributed by atoms with Crippen LogP contribution in [0.4, 0.5) is 5.69 Å². The van der Waals surface area contributed by atoms with E-state index in [1.54, 1.807) is 0 Å². The van der Waals surface area contributed by atoms with E-state index in [1.165, 1.54) is 5.56 Å². The first kappa shape index (κ1) is 18.0. The topological polar surface area (TPSA) is 52.6 Å². The maximum absolute atomic E-state index is 11.9. The van der Waals surface area contributed by atoms with Gasteiger partial charge < -0.3 is 10.4 Å². The minimum Gasteiger partial charge on any atom is -0.396 e. The van der Waals surface area contributed by atoms with Gasteiger partial charge in [-0.15, -0.1) is 0 Å². The molecule has 1 aromatic carbocycles. The monoisotopic (exact) mass is 318 g/mol. The van der Waals surface area contributed by atoms with Crippen molar-refractivity contribution in [2.75, 3.05) is 25.0 Å². The van der Waals surface area contributed by atoms with Gasteiger partial charge in [-0.05, 0) is 61.9 Å². The second kappa shape index (κ2) is 9.04. The number of amides is 1. The highest BCUT2D eigenvalue weighted by Crippen LogP contribution is 2.20. The third-order valence-corrected chi connectivity index (χ3v) is 4.53. The number of likely N-dealkylation sites (tertiary alicyclic amines) is 1. The molecule has 1 aliphatic heterocycles. The van der Waals surface area contributed by atoms with Crippen molar-refractivity contribution >= 4 is 11.6 Å². The average Bonchev–Trinajstić information content (AvgIpc) is 2.54. The number of nitrogens with one attached hydrogen (secondary N) is 1. The van der Waals surface area contributed by atoms with E-state index in [9.17, 15) is 9.90 Å². The number of piperidine rings is 1. The first-order valence-electron chi connectivity index (χ1n) is 8.79. The highest BCUT2D eigenvalue weighted by molar-refractivity contribution is 5.90. The summed E-state index contributed by atoms with van der Waals surface area (Å²) < 4.78 is 0. The van der Waals surface area contributed by atoms with E-state index in [2.05, 4.69) is 36.2 Å². The summed E-state index contributed by atoms with van der Waals surface area (Å²) in [5, 5.41) is 12.2. The number of carbonyl (C=O) groups excluding carboxylic acids is 1. The Kier molecular flexibility index (Phi) is 7.06. The van der Waals surface area contributed by atoms with Gasteiger partial charge in [-0.3, -0.25) is 9.69 Å². The van der Waals surface area contributed by atoms with E-state index in [-0.39, 0.29) is 5.91 Å². The molecule has 2 N–H and O–H groups in total. The molecule has 1 heterocycles. The van der Waals surface area contributed by atoms with Crippen LogP contribution in [-0.4, -0.2) is 35.6 Å². The lowest BCUT2D eigenvalue weighted by Crippen LogP contribution is -2.34. The molecule has 1 saturated heterocycles. The molecule has 0 unspecified atom stereocenters. The van der Waals surface area contributed by atoms with E-state index in [4.69, 9.17) is 0 Å². The van der Waals surface area contributed by atoms with Crippen LogP contribution in [0.15, 0.2) is 24.3 Å². The maximum Gasteiger partial charge on any atom is 0.224 e. The minimum atomic E-state index is 0.0969. The molecule has 2 rings (SSSR count). The zero-order chi connectivity index (χ0) is 16.7. The number of aliphatic hydroxyl groups is 1. The number of hydrogen-bond acceptors (Lipinski definition) is 3. The van der Waals surface area contributed by atoms with Gasteiger partial charge in [0, 0.05) is 25.3 Å². The highest BCUT2D eigenvalue weighted by atomic mass is 16.3. The molecule has 0 bridgehead atoms. The largest absolute Gasteiger partial charge is 0.396 e. The van der Waals surface area contributed by atoms with Crippen molar-refractivity contribution in [2.24, 2.45) is 11.8 Å². The molecular weight excluding hydrogens is 288 g/mol. The molecule has 1 amide bonds. The van der Waals surface area contributed by atoms with Crippen LogP contribution >= 0.6 is 0 Å². The normalized spacial score (nSPS) is 16.7. The minimum absolute atomic E-state index is 0.0969. The van der Waals surface area contributed by atoms with Gasteiger partial charge in [0.15, 0.2) is 0 Å². The summed E-state index contributed by atoms with van der Waals surface area (Å²) in [6.45, 7) is 7.56. The Morgan fingerprint density at radius 2 is 2.09 bits per heavy atom. The summed E-state index contributed by atoms with van der Waals surface area (Å²) in [4.78, 5) is 14.4. The number of benzene rings is 1. The van der Waals surface area contributed by atoms with E-state index in [0.717, 1.165) is 44.6 Å². The van der Waals surface area contributed by atoms with Gasteiger partial charge >= 0.3 is 0 Å². The van der Waals surface area contributed by atoms with Crippen molar-refractivity contribution in [3.05, 3.63) is 29.8 Å². The molecule has 4 heteroatoms. The first-order valence-corrected chi connectivity index (χ1v) is 8.79. The molecule has 1 fully saturated rings. The van der Waals surface area contributed by atoms with Crippen LogP contribution in [0.25, 0.3) is 0 Å². The molecule has 1 aliphatic rings. The van der Waals surface area contributed by atoms with Gasteiger partial charge in [0.1, 0.15) is 0 Å². The predicted octanol–water partition coefficient (Wildman–Crippen LogP) is 3.27. The molecule has 0 aromatic heterocycles. The van der Waals surface area contributed by atoms with E-state index in [1.807, 2.05) is 12.1 Å². The molecular formula is C19H30N2O2. The summed E-state index contributed by atoms with van der Waals surface area (Å²) in [6.07, 6.45) is 3.64. The fourth-order valence-corrected chi connectivity index (χ4v) is 2.98. The Hall–Kier alpha value is -1.39. The van der Waals surface area contributed by atoms with Crippen LogP contribution in [0.2, 0.25) is 0 Å². The predicted molar refractivity (Wildman–Crippen MR) is 94.2 cm³/mol. The van der Waals surface area contributed by atoms with Crippen molar-refractivity contribution < 1.29 is 9.90 Å². The lowest BCUT2D eigenvalue weighted by atomic mass is 9.97. The Morgan fingerprint density at radius 1 is 1.35 bits per heavy atom. The summed E-state index contributed by atoms with van der Waals surface area (Å²) >= 11 is 0. The fraction of sp³-hybridized carbons (Fsp3) is 0.632. The molecule has 23 heavy (non-hydrogen) atoms. The summed E-state index contributed by atoms with van der Waals surface area (Å²) in [5.41, 5.74) is 2.12. The standard InChI is InChI=1S/C19H30N2O2/c1-15(2)6-7-19(23)20-18-5-3-4-17(12-18)13-21-10-8-16(14-22)9-11-21/h3-5,12,15-16,22H,6-11,13-14H2,1-2H3,(H,20,23). The molecule has 1 aromatic rings. The first-order chi connectivity index (χ1) is 11.1. The van der Waals surface area contributed by atoms with Gasteiger partial charge in [-0.2, -0.15) is 0 Å². The number of hydrogen-bond donors (Lipinski definition) is 2. The van der Waals surface area contributed by atoms with Crippen molar-refractivity contribution in [1.29, 1.82) is 0 Å². The van der Waals surface area contributed by atoms with Crippen LogP contribution in [0.1, 0.15) is 45.1 Å².